The zero-order valence-electron chi connectivity index (χ0n) is 9.98. The molecule has 0 aromatic heterocycles. The molecule has 1 heteroatoms. The predicted molar refractivity (Wildman–Crippen MR) is 71.7 cm³/mol. The molecule has 2 rings (SSSR count). The lowest BCUT2D eigenvalue weighted by Gasteiger charge is -2.10. The minimum atomic E-state index is -0.381. The maximum Gasteiger partial charge on any atom is 0.0689 e. The number of aliphatic hydroxyl groups excluding tert-OH is 1. The average molecular weight is 224 g/mol. The minimum absolute atomic E-state index is 0.381. The summed E-state index contributed by atoms with van der Waals surface area (Å²) in [5.41, 5.74) is 1.19. The Morgan fingerprint density at radius 3 is 2.71 bits per heavy atom. The first-order valence-corrected chi connectivity index (χ1v) is 5.85. The third kappa shape index (κ3) is 2.87. The van der Waals surface area contributed by atoms with Crippen molar-refractivity contribution in [2.75, 3.05) is 0 Å². The smallest absolute Gasteiger partial charge is 0.0689 e. The van der Waals surface area contributed by atoms with E-state index in [-0.39, 0.29) is 6.10 Å². The van der Waals surface area contributed by atoms with Crippen molar-refractivity contribution in [1.29, 1.82) is 0 Å². The molecule has 1 N–H and O–H groups in total. The molecule has 0 aliphatic carbocycles. The molecule has 0 spiro atoms. The molecule has 0 radical (unpaired) electrons. The summed E-state index contributed by atoms with van der Waals surface area (Å²) >= 11 is 0. The van der Waals surface area contributed by atoms with Crippen LogP contribution in [0.4, 0.5) is 0 Å². The Morgan fingerprint density at radius 2 is 1.88 bits per heavy atom. The molecule has 0 bridgehead atoms. The van der Waals surface area contributed by atoms with Crippen molar-refractivity contribution in [3.05, 3.63) is 48.0 Å². The van der Waals surface area contributed by atoms with E-state index >= 15 is 0 Å². The van der Waals surface area contributed by atoms with Crippen molar-refractivity contribution in [3.63, 3.8) is 0 Å². The largest absolute Gasteiger partial charge is 0.392 e. The van der Waals surface area contributed by atoms with Gasteiger partial charge in [0.1, 0.15) is 0 Å². The van der Waals surface area contributed by atoms with Crippen LogP contribution in [0.15, 0.2) is 42.5 Å². The van der Waals surface area contributed by atoms with Crippen LogP contribution >= 0.6 is 0 Å². The summed E-state index contributed by atoms with van der Waals surface area (Å²) in [6.45, 7) is 1.80. The number of hydrogen-bond acceptors (Lipinski definition) is 1. The lowest BCUT2D eigenvalue weighted by Crippen LogP contribution is -2.09. The van der Waals surface area contributed by atoms with E-state index in [2.05, 4.69) is 36.1 Å². The van der Waals surface area contributed by atoms with Crippen molar-refractivity contribution >= 4 is 10.8 Å². The lowest BCUT2D eigenvalue weighted by atomic mass is 9.99. The van der Waals surface area contributed by atoms with Crippen LogP contribution in [0.25, 0.3) is 10.8 Å². The van der Waals surface area contributed by atoms with E-state index < -0.39 is 0 Å². The molecule has 0 fully saturated rings. The highest BCUT2D eigenvalue weighted by Crippen LogP contribution is 2.20. The van der Waals surface area contributed by atoms with Gasteiger partial charge in [-0.25, -0.2) is 0 Å². The average Bonchev–Trinajstić information content (AvgIpc) is 2.37. The van der Waals surface area contributed by atoms with Crippen LogP contribution in [-0.2, 0) is 6.42 Å². The highest BCUT2D eigenvalue weighted by Gasteiger charge is 2.06. The Balaban J connectivity index is 2.25. The summed E-state index contributed by atoms with van der Waals surface area (Å²) in [5, 5.41) is 12.3. The van der Waals surface area contributed by atoms with E-state index in [1.165, 1.54) is 16.3 Å². The fourth-order valence-electron chi connectivity index (χ4n) is 2.02. The van der Waals surface area contributed by atoms with Crippen molar-refractivity contribution in [3.8, 4) is 11.8 Å². The molecular weight excluding hydrogens is 208 g/mol. The summed E-state index contributed by atoms with van der Waals surface area (Å²) in [6.07, 6.45) is 0.823. The molecular formula is C16H16O. The summed E-state index contributed by atoms with van der Waals surface area (Å²) < 4.78 is 0. The summed E-state index contributed by atoms with van der Waals surface area (Å²) in [4.78, 5) is 0. The first kappa shape index (κ1) is 11.7. The molecule has 0 heterocycles. The fraction of sp³-hybridized carbons (Fsp3) is 0.250. The van der Waals surface area contributed by atoms with Crippen LogP contribution in [0.3, 0.4) is 0 Å². The Kier molecular flexibility index (Phi) is 3.80. The van der Waals surface area contributed by atoms with Gasteiger partial charge < -0.3 is 5.11 Å². The van der Waals surface area contributed by atoms with Gasteiger partial charge in [0.2, 0.25) is 0 Å². The van der Waals surface area contributed by atoms with Crippen LogP contribution in [0.2, 0.25) is 0 Å². The van der Waals surface area contributed by atoms with Gasteiger partial charge in [-0.05, 0) is 29.7 Å². The molecule has 0 aliphatic rings. The van der Waals surface area contributed by atoms with Gasteiger partial charge in [-0.3, -0.25) is 0 Å². The van der Waals surface area contributed by atoms with Gasteiger partial charge in [-0.1, -0.05) is 42.5 Å². The second-order valence-electron chi connectivity index (χ2n) is 4.13. The molecule has 1 unspecified atom stereocenters. The van der Waals surface area contributed by atoms with E-state index in [1.54, 1.807) is 6.92 Å². The molecule has 0 amide bonds. The van der Waals surface area contributed by atoms with Crippen molar-refractivity contribution in [1.82, 2.24) is 0 Å². The Hall–Kier alpha value is -1.78. The van der Waals surface area contributed by atoms with Crippen molar-refractivity contribution in [2.24, 2.45) is 0 Å². The van der Waals surface area contributed by atoms with E-state index in [9.17, 15) is 5.11 Å². The quantitative estimate of drug-likeness (QED) is 0.794. The maximum absolute atomic E-state index is 9.89. The van der Waals surface area contributed by atoms with Crippen molar-refractivity contribution in [2.45, 2.75) is 25.9 Å². The van der Waals surface area contributed by atoms with Crippen LogP contribution in [0.1, 0.15) is 18.9 Å². The van der Waals surface area contributed by atoms with Gasteiger partial charge in [-0.15, -0.1) is 11.8 Å². The maximum atomic E-state index is 9.89. The third-order valence-corrected chi connectivity index (χ3v) is 2.85. The second kappa shape index (κ2) is 5.52. The van der Waals surface area contributed by atoms with Crippen LogP contribution in [0.5, 0.6) is 0 Å². The number of hydrogen-bond donors (Lipinski definition) is 1. The Labute approximate surface area is 102 Å². The fourth-order valence-corrected chi connectivity index (χ4v) is 2.02. The normalized spacial score (nSPS) is 11.9. The molecule has 2 aromatic rings. The minimum Gasteiger partial charge on any atom is -0.392 e. The van der Waals surface area contributed by atoms with E-state index in [4.69, 9.17) is 0 Å². The zero-order valence-corrected chi connectivity index (χ0v) is 9.98. The van der Waals surface area contributed by atoms with Crippen molar-refractivity contribution < 1.29 is 5.11 Å². The number of aliphatic hydroxyl groups is 1. The summed E-state index contributed by atoms with van der Waals surface area (Å²) in [7, 11) is 0. The predicted octanol–water partition coefficient (Wildman–Crippen LogP) is 3.16. The van der Waals surface area contributed by atoms with E-state index in [0.717, 1.165) is 0 Å². The first-order valence-electron chi connectivity index (χ1n) is 5.85. The van der Waals surface area contributed by atoms with Gasteiger partial charge in [0.15, 0.2) is 0 Å². The SMILES string of the molecule is CC#CCC(O)Cc1cccc2ccccc12. The molecule has 0 saturated heterocycles. The van der Waals surface area contributed by atoms with Crippen LogP contribution in [-0.4, -0.2) is 11.2 Å². The third-order valence-electron chi connectivity index (χ3n) is 2.85. The standard InChI is InChI=1S/C16H16O/c1-2-3-10-15(17)12-14-9-6-8-13-7-4-5-11-16(13)14/h4-9,11,15,17H,10,12H2,1H3. The number of benzene rings is 2. The number of rotatable bonds is 3. The van der Waals surface area contributed by atoms with Gasteiger partial charge in [0.25, 0.3) is 0 Å². The topological polar surface area (TPSA) is 20.2 Å². The second-order valence-corrected chi connectivity index (χ2v) is 4.13. The molecule has 0 saturated carbocycles. The molecule has 86 valence electrons. The monoisotopic (exact) mass is 224 g/mol. The summed E-state index contributed by atoms with van der Waals surface area (Å²) in [6, 6.07) is 14.5. The highest BCUT2D eigenvalue weighted by molar-refractivity contribution is 5.85. The van der Waals surface area contributed by atoms with Crippen LogP contribution in [0, 0.1) is 11.8 Å². The molecule has 1 atom stereocenters. The molecule has 17 heavy (non-hydrogen) atoms. The van der Waals surface area contributed by atoms with E-state index in [1.807, 2.05) is 18.2 Å². The van der Waals surface area contributed by atoms with E-state index in [0.29, 0.717) is 12.8 Å². The molecule has 0 aliphatic heterocycles. The zero-order chi connectivity index (χ0) is 12.1. The summed E-state index contributed by atoms with van der Waals surface area (Å²) in [5.74, 6) is 5.73. The van der Waals surface area contributed by atoms with Gasteiger partial charge in [-0.2, -0.15) is 0 Å². The molecule has 2 aromatic carbocycles. The Bertz CT molecular complexity index is 555. The highest BCUT2D eigenvalue weighted by atomic mass is 16.3. The first-order chi connectivity index (χ1) is 8.31. The van der Waals surface area contributed by atoms with Crippen LogP contribution < -0.4 is 0 Å². The Morgan fingerprint density at radius 1 is 1.12 bits per heavy atom. The van der Waals surface area contributed by atoms with Gasteiger partial charge in [0.05, 0.1) is 6.10 Å². The van der Waals surface area contributed by atoms with Gasteiger partial charge in [0, 0.05) is 6.42 Å². The number of fused-ring (bicyclic) bond motifs is 1. The van der Waals surface area contributed by atoms with Gasteiger partial charge >= 0.3 is 0 Å². The lowest BCUT2D eigenvalue weighted by molar-refractivity contribution is 0.181. The molecule has 1 nitrogen and oxygen atoms in total.